The second kappa shape index (κ2) is 10.8. The zero-order valence-electron chi connectivity index (χ0n) is 25.0. The van der Waals surface area contributed by atoms with Gasteiger partial charge >= 0.3 is 0 Å². The molecule has 0 radical (unpaired) electrons. The van der Waals surface area contributed by atoms with E-state index >= 15 is 0 Å². The van der Waals surface area contributed by atoms with Crippen molar-refractivity contribution in [2.45, 2.75) is 0 Å². The predicted octanol–water partition coefficient (Wildman–Crippen LogP) is 12.1. The predicted molar refractivity (Wildman–Crippen MR) is 192 cm³/mol. The number of pyridine rings is 1. The van der Waals surface area contributed by atoms with Crippen molar-refractivity contribution in [3.63, 3.8) is 0 Å². The summed E-state index contributed by atoms with van der Waals surface area (Å²) in [6, 6.07) is 56.3. The molecule has 216 valence electrons. The average Bonchev–Trinajstić information content (AvgIpc) is 3.52. The Kier molecular flexibility index (Phi) is 6.14. The van der Waals surface area contributed by atoms with Gasteiger partial charge in [-0.3, -0.25) is 4.98 Å². The van der Waals surface area contributed by atoms with E-state index in [9.17, 15) is 0 Å². The highest BCUT2D eigenvalue weighted by Gasteiger charge is 2.16. The normalized spacial score (nSPS) is 11.5. The van der Waals surface area contributed by atoms with E-state index in [-0.39, 0.29) is 0 Å². The number of benzene rings is 7. The molecule has 0 saturated carbocycles. The van der Waals surface area contributed by atoms with Gasteiger partial charge in [0, 0.05) is 34.0 Å². The van der Waals surface area contributed by atoms with E-state index in [0.29, 0.717) is 0 Å². The SMILES string of the molecule is c1ccc(N(c2ccc(-c3cccc4ccccc34)cc2)c2ccc(-c3cccc4c3ccc3oc5cnccc5c34)cc2)cc1. The highest BCUT2D eigenvalue weighted by atomic mass is 16.3. The van der Waals surface area contributed by atoms with Crippen molar-refractivity contribution in [2.24, 2.45) is 0 Å². The van der Waals surface area contributed by atoms with Gasteiger partial charge in [-0.2, -0.15) is 0 Å². The smallest absolute Gasteiger partial charge is 0.153 e. The van der Waals surface area contributed by atoms with E-state index < -0.39 is 0 Å². The van der Waals surface area contributed by atoms with E-state index in [1.54, 1.807) is 6.20 Å². The van der Waals surface area contributed by atoms with Gasteiger partial charge in [-0.25, -0.2) is 0 Å². The Morgan fingerprint density at radius 3 is 1.78 bits per heavy atom. The minimum atomic E-state index is 0.811. The Labute approximate surface area is 266 Å². The average molecular weight is 589 g/mol. The summed E-state index contributed by atoms with van der Waals surface area (Å²) in [6.07, 6.45) is 3.62. The third-order valence-corrected chi connectivity index (χ3v) is 8.97. The molecule has 0 aliphatic rings. The Balaban J connectivity index is 1.12. The second-order valence-electron chi connectivity index (χ2n) is 11.6. The maximum absolute atomic E-state index is 6.12. The van der Waals surface area contributed by atoms with Gasteiger partial charge in [0.05, 0.1) is 6.20 Å². The highest BCUT2D eigenvalue weighted by Crippen LogP contribution is 2.40. The second-order valence-corrected chi connectivity index (χ2v) is 11.6. The van der Waals surface area contributed by atoms with Gasteiger partial charge in [-0.05, 0) is 92.3 Å². The van der Waals surface area contributed by atoms with Crippen molar-refractivity contribution in [3.05, 3.63) is 170 Å². The molecule has 0 spiro atoms. The highest BCUT2D eigenvalue weighted by molar-refractivity contribution is 6.20. The Hall–Kier alpha value is -6.19. The molecule has 0 N–H and O–H groups in total. The van der Waals surface area contributed by atoms with Crippen molar-refractivity contribution >= 4 is 60.5 Å². The van der Waals surface area contributed by atoms with Gasteiger partial charge in [0.15, 0.2) is 5.58 Å². The quantitative estimate of drug-likeness (QED) is 0.200. The number of anilines is 3. The van der Waals surface area contributed by atoms with Gasteiger partial charge in [0.2, 0.25) is 0 Å². The van der Waals surface area contributed by atoms with Crippen molar-refractivity contribution in [3.8, 4) is 22.3 Å². The van der Waals surface area contributed by atoms with Crippen LogP contribution in [-0.4, -0.2) is 4.98 Å². The van der Waals surface area contributed by atoms with Crippen molar-refractivity contribution in [1.82, 2.24) is 4.98 Å². The first-order valence-corrected chi connectivity index (χ1v) is 15.5. The van der Waals surface area contributed by atoms with E-state index in [1.807, 2.05) is 12.3 Å². The molecule has 0 aliphatic heterocycles. The van der Waals surface area contributed by atoms with E-state index in [0.717, 1.165) is 39.0 Å². The van der Waals surface area contributed by atoms with E-state index in [4.69, 9.17) is 4.42 Å². The molecule has 7 aromatic carbocycles. The maximum Gasteiger partial charge on any atom is 0.153 e. The van der Waals surface area contributed by atoms with Crippen LogP contribution in [0, 0.1) is 0 Å². The molecule has 3 heteroatoms. The minimum Gasteiger partial charge on any atom is -0.454 e. The van der Waals surface area contributed by atoms with E-state index in [2.05, 4.69) is 162 Å². The molecule has 2 heterocycles. The van der Waals surface area contributed by atoms with Crippen LogP contribution in [0.25, 0.3) is 65.7 Å². The van der Waals surface area contributed by atoms with Crippen LogP contribution in [0.1, 0.15) is 0 Å². The summed E-state index contributed by atoms with van der Waals surface area (Å²) in [6.45, 7) is 0. The Morgan fingerprint density at radius 2 is 1.02 bits per heavy atom. The fraction of sp³-hybridized carbons (Fsp3) is 0. The monoisotopic (exact) mass is 588 g/mol. The molecule has 0 fully saturated rings. The molecule has 0 unspecified atom stereocenters. The topological polar surface area (TPSA) is 29.3 Å². The Bertz CT molecular complexity index is 2510. The molecule has 9 aromatic rings. The number of rotatable bonds is 5. The van der Waals surface area contributed by atoms with Crippen LogP contribution in [-0.2, 0) is 0 Å². The number of furan rings is 1. The minimum absolute atomic E-state index is 0.811. The summed E-state index contributed by atoms with van der Waals surface area (Å²) < 4.78 is 6.12. The van der Waals surface area contributed by atoms with Gasteiger partial charge in [-0.15, -0.1) is 0 Å². The van der Waals surface area contributed by atoms with Crippen molar-refractivity contribution in [2.75, 3.05) is 4.90 Å². The standard InChI is InChI=1S/C43H28N2O/c1-2-10-32(11-3-1)45(33-20-16-30(17-21-33)36-13-6-9-29-8-4-5-12-35(29)36)34-22-18-31(19-23-34)37-14-7-15-39-38(37)24-25-41-43(39)40-26-27-44-28-42(40)46-41/h1-28H. The number of hydrogen-bond donors (Lipinski definition) is 0. The molecule has 46 heavy (non-hydrogen) atoms. The molecular weight excluding hydrogens is 560 g/mol. The summed E-state index contributed by atoms with van der Waals surface area (Å²) in [7, 11) is 0. The van der Waals surface area contributed by atoms with Crippen molar-refractivity contribution < 1.29 is 4.42 Å². The molecule has 0 atom stereocenters. The lowest BCUT2D eigenvalue weighted by Crippen LogP contribution is -2.09. The maximum atomic E-state index is 6.12. The van der Waals surface area contributed by atoms with Gasteiger partial charge in [0.25, 0.3) is 0 Å². The van der Waals surface area contributed by atoms with Crippen LogP contribution < -0.4 is 4.90 Å². The zero-order chi connectivity index (χ0) is 30.5. The third kappa shape index (κ3) is 4.33. The van der Waals surface area contributed by atoms with Crippen LogP contribution in [0.2, 0.25) is 0 Å². The summed E-state index contributed by atoms with van der Waals surface area (Å²) in [5, 5.41) is 7.12. The summed E-state index contributed by atoms with van der Waals surface area (Å²) in [4.78, 5) is 6.57. The molecule has 9 rings (SSSR count). The molecule has 3 nitrogen and oxygen atoms in total. The number of aromatic nitrogens is 1. The summed E-state index contributed by atoms with van der Waals surface area (Å²) in [5.74, 6) is 0. The Morgan fingerprint density at radius 1 is 0.413 bits per heavy atom. The first kappa shape index (κ1) is 26.2. The fourth-order valence-electron chi connectivity index (χ4n) is 6.82. The number of hydrogen-bond acceptors (Lipinski definition) is 3. The van der Waals surface area contributed by atoms with Crippen LogP contribution in [0.3, 0.4) is 0 Å². The lowest BCUT2D eigenvalue weighted by atomic mass is 9.95. The van der Waals surface area contributed by atoms with Crippen LogP contribution in [0.5, 0.6) is 0 Å². The first-order chi connectivity index (χ1) is 22.8. The van der Waals surface area contributed by atoms with Gasteiger partial charge in [0.1, 0.15) is 5.58 Å². The van der Waals surface area contributed by atoms with Crippen LogP contribution in [0.15, 0.2) is 175 Å². The molecule has 2 aromatic heterocycles. The van der Waals surface area contributed by atoms with Gasteiger partial charge in [-0.1, -0.05) is 109 Å². The fourth-order valence-corrected chi connectivity index (χ4v) is 6.82. The summed E-state index contributed by atoms with van der Waals surface area (Å²) in [5.41, 5.74) is 9.83. The largest absolute Gasteiger partial charge is 0.454 e. The van der Waals surface area contributed by atoms with Gasteiger partial charge < -0.3 is 9.32 Å². The lowest BCUT2D eigenvalue weighted by molar-refractivity contribution is 0.667. The lowest BCUT2D eigenvalue weighted by Gasteiger charge is -2.26. The number of para-hydroxylation sites is 1. The molecule has 0 saturated heterocycles. The number of nitrogens with zero attached hydrogens (tertiary/aromatic N) is 2. The molecule has 0 amide bonds. The summed E-state index contributed by atoms with van der Waals surface area (Å²) >= 11 is 0. The van der Waals surface area contributed by atoms with Crippen LogP contribution >= 0.6 is 0 Å². The number of fused-ring (bicyclic) bond motifs is 6. The first-order valence-electron chi connectivity index (χ1n) is 15.5. The zero-order valence-corrected chi connectivity index (χ0v) is 25.0. The molecule has 0 aliphatic carbocycles. The van der Waals surface area contributed by atoms with Crippen LogP contribution in [0.4, 0.5) is 17.1 Å². The molecular formula is C43H28N2O. The molecule has 0 bridgehead atoms. The van der Waals surface area contributed by atoms with Crippen molar-refractivity contribution in [1.29, 1.82) is 0 Å². The van der Waals surface area contributed by atoms with E-state index in [1.165, 1.54) is 43.8 Å². The third-order valence-electron chi connectivity index (χ3n) is 8.97.